The zero-order chi connectivity index (χ0) is 21.0. The first-order valence-electron chi connectivity index (χ1n) is 9.66. The molecule has 0 radical (unpaired) electrons. The minimum atomic E-state index is -1.10. The quantitative estimate of drug-likeness (QED) is 0.371. The highest BCUT2D eigenvalue weighted by atomic mass is 16.4. The lowest BCUT2D eigenvalue weighted by atomic mass is 10.1. The fourth-order valence-electron chi connectivity index (χ4n) is 2.41. The number of carbonyl (C=O) groups excluding carboxylic acids is 1. The molecule has 1 amide bonds. The van der Waals surface area contributed by atoms with E-state index in [4.69, 9.17) is 10.2 Å². The van der Waals surface area contributed by atoms with Gasteiger partial charge in [0, 0.05) is 25.6 Å². The van der Waals surface area contributed by atoms with E-state index in [1.807, 2.05) is 13.8 Å². The van der Waals surface area contributed by atoms with Gasteiger partial charge in [0.25, 0.3) is 0 Å². The zero-order valence-electron chi connectivity index (χ0n) is 17.9. The Morgan fingerprint density at radius 1 is 1.07 bits per heavy atom. The van der Waals surface area contributed by atoms with Crippen molar-refractivity contribution in [1.29, 1.82) is 0 Å². The van der Waals surface area contributed by atoms with Crippen molar-refractivity contribution in [2.75, 3.05) is 47.9 Å². The minimum Gasteiger partial charge on any atom is -0.477 e. The molecule has 0 heterocycles. The molecule has 0 aromatic heterocycles. The Labute approximate surface area is 164 Å². The number of nitrogens with one attached hydrogen (secondary N) is 1. The van der Waals surface area contributed by atoms with Crippen LogP contribution in [0.25, 0.3) is 0 Å². The summed E-state index contributed by atoms with van der Waals surface area (Å²) >= 11 is 0. The highest BCUT2D eigenvalue weighted by molar-refractivity contribution is 5.94. The summed E-state index contributed by atoms with van der Waals surface area (Å²) in [6, 6.07) is 0. The second-order valence-electron chi connectivity index (χ2n) is 8.34. The lowest BCUT2D eigenvalue weighted by Gasteiger charge is -2.13. The number of allylic oxidation sites excluding steroid dienone is 1. The van der Waals surface area contributed by atoms with Crippen LogP contribution < -0.4 is 5.32 Å². The first-order chi connectivity index (χ1) is 12.5. The van der Waals surface area contributed by atoms with Gasteiger partial charge in [-0.15, -0.1) is 0 Å². The summed E-state index contributed by atoms with van der Waals surface area (Å²) < 4.78 is 0. The number of unbranched alkanes of at least 4 members (excludes halogenated alkanes) is 3. The van der Waals surface area contributed by atoms with Gasteiger partial charge in [0.1, 0.15) is 5.70 Å². The minimum absolute atomic E-state index is 0.00514. The summed E-state index contributed by atoms with van der Waals surface area (Å²) in [5.41, 5.74) is -0.0360. The van der Waals surface area contributed by atoms with Gasteiger partial charge < -0.3 is 25.3 Å². The zero-order valence-corrected chi connectivity index (χ0v) is 17.9. The van der Waals surface area contributed by atoms with Gasteiger partial charge in [0.15, 0.2) is 0 Å². The maximum Gasteiger partial charge on any atom is 0.352 e. The molecule has 0 saturated heterocycles. The maximum absolute atomic E-state index is 11.8. The van der Waals surface area contributed by atoms with Gasteiger partial charge in [-0.2, -0.15) is 0 Å². The third-order valence-electron chi connectivity index (χ3n) is 4.52. The molecule has 158 valence electrons. The average Bonchev–Trinajstić information content (AvgIpc) is 3.20. The van der Waals surface area contributed by atoms with Crippen molar-refractivity contribution in [3.63, 3.8) is 0 Å². The van der Waals surface area contributed by atoms with Crippen LogP contribution in [0.2, 0.25) is 0 Å². The normalized spacial score (nSPS) is 18.1. The fourth-order valence-corrected chi connectivity index (χ4v) is 2.41. The molecule has 3 N–H and O–H groups in total. The Morgan fingerprint density at radius 3 is 1.96 bits per heavy atom. The average molecular weight is 386 g/mol. The molecule has 1 fully saturated rings. The SMILES string of the molecule is CC1(C)CC1C(=O)NC(=CCCCCCO)C(=O)O.CN(C)CCN(C)C. The molecule has 0 aromatic rings. The molecule has 27 heavy (non-hydrogen) atoms. The first-order valence-corrected chi connectivity index (χ1v) is 9.66. The first kappa shape index (κ1) is 25.6. The van der Waals surface area contributed by atoms with Crippen LogP contribution in [0.1, 0.15) is 46.0 Å². The summed E-state index contributed by atoms with van der Waals surface area (Å²) in [7, 11) is 8.35. The Balaban J connectivity index is 0.000000713. The van der Waals surface area contributed by atoms with Crippen molar-refractivity contribution < 1.29 is 19.8 Å². The molecule has 1 saturated carbocycles. The van der Waals surface area contributed by atoms with Crippen molar-refractivity contribution in [3.05, 3.63) is 11.8 Å². The lowest BCUT2D eigenvalue weighted by molar-refractivity contribution is -0.135. The van der Waals surface area contributed by atoms with Gasteiger partial charge in [0.05, 0.1) is 0 Å². The van der Waals surface area contributed by atoms with Gasteiger partial charge in [-0.3, -0.25) is 4.79 Å². The van der Waals surface area contributed by atoms with Gasteiger partial charge in [0.2, 0.25) is 5.91 Å². The molecule has 0 bridgehead atoms. The monoisotopic (exact) mass is 385 g/mol. The van der Waals surface area contributed by atoms with Crippen LogP contribution >= 0.6 is 0 Å². The van der Waals surface area contributed by atoms with E-state index in [0.717, 1.165) is 38.8 Å². The summed E-state index contributed by atoms with van der Waals surface area (Å²) in [6.45, 7) is 6.44. The van der Waals surface area contributed by atoms with Gasteiger partial charge >= 0.3 is 5.97 Å². The number of aliphatic hydroxyl groups excluding tert-OH is 1. The molecule has 7 nitrogen and oxygen atoms in total. The van der Waals surface area contributed by atoms with Crippen LogP contribution in [0, 0.1) is 11.3 Å². The highest BCUT2D eigenvalue weighted by Crippen LogP contribution is 2.51. The predicted molar refractivity (Wildman–Crippen MR) is 108 cm³/mol. The number of carboxylic acids is 1. The molecule has 1 aliphatic rings. The third-order valence-corrected chi connectivity index (χ3v) is 4.52. The number of aliphatic carboxylic acids is 1. The molecule has 1 atom stereocenters. The van der Waals surface area contributed by atoms with E-state index in [1.165, 1.54) is 0 Å². The van der Waals surface area contributed by atoms with Crippen LogP contribution in [0.5, 0.6) is 0 Å². The van der Waals surface area contributed by atoms with E-state index in [1.54, 1.807) is 6.08 Å². The molecule has 1 aliphatic carbocycles. The number of likely N-dealkylation sites (N-methyl/N-ethyl adjacent to an activating group) is 2. The number of hydrogen-bond donors (Lipinski definition) is 3. The molecule has 1 rings (SSSR count). The number of hydrogen-bond acceptors (Lipinski definition) is 5. The number of nitrogens with zero attached hydrogens (tertiary/aromatic N) is 2. The molecule has 0 spiro atoms. The second kappa shape index (κ2) is 12.9. The molecule has 1 unspecified atom stereocenters. The Morgan fingerprint density at radius 2 is 1.59 bits per heavy atom. The number of rotatable bonds is 11. The topological polar surface area (TPSA) is 93.1 Å². The number of aliphatic hydroxyl groups is 1. The highest BCUT2D eigenvalue weighted by Gasteiger charge is 2.50. The Hall–Kier alpha value is -1.44. The van der Waals surface area contributed by atoms with Crippen LogP contribution in [0.3, 0.4) is 0 Å². The molecule has 0 aliphatic heterocycles. The third kappa shape index (κ3) is 12.5. The maximum atomic E-state index is 11.8. The van der Waals surface area contributed by atoms with Gasteiger partial charge in [-0.05, 0) is 59.3 Å². The van der Waals surface area contributed by atoms with E-state index < -0.39 is 5.97 Å². The number of carbonyl (C=O) groups is 2. The molecular formula is C20H39N3O4. The predicted octanol–water partition coefficient (Wildman–Crippen LogP) is 1.78. The van der Waals surface area contributed by atoms with Crippen LogP contribution in [0.4, 0.5) is 0 Å². The van der Waals surface area contributed by atoms with E-state index in [0.29, 0.717) is 6.42 Å². The van der Waals surface area contributed by atoms with E-state index >= 15 is 0 Å². The summed E-state index contributed by atoms with van der Waals surface area (Å²) in [6.07, 6.45) is 5.33. The van der Waals surface area contributed by atoms with Crippen LogP contribution in [0.15, 0.2) is 11.8 Å². The van der Waals surface area contributed by atoms with Crippen molar-refractivity contribution in [2.45, 2.75) is 46.0 Å². The molecule has 7 heteroatoms. The van der Waals surface area contributed by atoms with Gasteiger partial charge in [-0.1, -0.05) is 26.3 Å². The van der Waals surface area contributed by atoms with Crippen molar-refractivity contribution >= 4 is 11.9 Å². The van der Waals surface area contributed by atoms with E-state index in [2.05, 4.69) is 43.3 Å². The van der Waals surface area contributed by atoms with Crippen molar-refractivity contribution in [2.24, 2.45) is 11.3 Å². The second-order valence-corrected chi connectivity index (χ2v) is 8.34. The lowest BCUT2D eigenvalue weighted by Crippen LogP contribution is -2.29. The van der Waals surface area contributed by atoms with Crippen LogP contribution in [-0.2, 0) is 9.59 Å². The Kier molecular flexibility index (Phi) is 12.2. The number of amides is 1. The number of carboxylic acid groups (broad SMARTS) is 1. The smallest absolute Gasteiger partial charge is 0.352 e. The molecular weight excluding hydrogens is 346 g/mol. The van der Waals surface area contributed by atoms with E-state index in [-0.39, 0.29) is 29.5 Å². The van der Waals surface area contributed by atoms with Crippen molar-refractivity contribution in [1.82, 2.24) is 15.1 Å². The summed E-state index contributed by atoms with van der Waals surface area (Å²) in [4.78, 5) is 27.2. The summed E-state index contributed by atoms with van der Waals surface area (Å²) in [5, 5.41) is 20.2. The van der Waals surface area contributed by atoms with Crippen LogP contribution in [-0.4, -0.2) is 79.8 Å². The van der Waals surface area contributed by atoms with Crippen molar-refractivity contribution in [3.8, 4) is 0 Å². The summed E-state index contributed by atoms with van der Waals surface area (Å²) in [5.74, 6) is -1.38. The van der Waals surface area contributed by atoms with Gasteiger partial charge in [-0.25, -0.2) is 4.79 Å². The standard InChI is InChI=1S/C14H23NO4.C6H16N2/c1-14(2)9-10(14)12(17)15-11(13(18)19)7-5-3-4-6-8-16;1-7(2)5-6-8(3)4/h7,10,16H,3-6,8-9H2,1-2H3,(H,15,17)(H,18,19);5-6H2,1-4H3. The Bertz CT molecular complexity index is 480. The van der Waals surface area contributed by atoms with E-state index in [9.17, 15) is 9.59 Å². The largest absolute Gasteiger partial charge is 0.477 e. The fraction of sp³-hybridized carbons (Fsp3) is 0.800. The molecule has 0 aromatic carbocycles.